The molecule has 1 aromatic heterocycles. The number of anilines is 1. The minimum atomic E-state index is -0.679. The zero-order chi connectivity index (χ0) is 27.2. The number of ether oxygens (including phenoxy) is 3. The number of benzene rings is 2. The van der Waals surface area contributed by atoms with E-state index < -0.39 is 23.8 Å². The van der Waals surface area contributed by atoms with E-state index in [9.17, 15) is 19.2 Å². The minimum Gasteiger partial charge on any atom is -0.493 e. The van der Waals surface area contributed by atoms with Crippen molar-refractivity contribution in [1.82, 2.24) is 10.2 Å². The van der Waals surface area contributed by atoms with Crippen molar-refractivity contribution >= 4 is 47.2 Å². The monoisotopic (exact) mass is 539 g/mol. The molecule has 1 aliphatic rings. The van der Waals surface area contributed by atoms with E-state index in [4.69, 9.17) is 25.5 Å². The van der Waals surface area contributed by atoms with Crippen molar-refractivity contribution in [3.63, 3.8) is 0 Å². The van der Waals surface area contributed by atoms with Crippen LogP contribution in [0.1, 0.15) is 21.9 Å². The number of urea groups is 1. The number of para-hydroxylation sites is 1. The van der Waals surface area contributed by atoms with E-state index in [1.165, 1.54) is 32.4 Å². The lowest BCUT2D eigenvalue weighted by molar-refractivity contribution is -0.123. The van der Waals surface area contributed by atoms with Gasteiger partial charge in [0.1, 0.15) is 11.5 Å². The number of esters is 1. The van der Waals surface area contributed by atoms with Crippen molar-refractivity contribution in [3.05, 3.63) is 82.4 Å². The lowest BCUT2D eigenvalue weighted by Gasteiger charge is -2.14. The van der Waals surface area contributed by atoms with Crippen LogP contribution in [0.3, 0.4) is 0 Å². The van der Waals surface area contributed by atoms with Gasteiger partial charge in [0.25, 0.3) is 11.8 Å². The summed E-state index contributed by atoms with van der Waals surface area (Å²) in [6, 6.07) is 13.7. The summed E-state index contributed by atoms with van der Waals surface area (Å²) in [6.07, 6.45) is 1.41. The van der Waals surface area contributed by atoms with Crippen LogP contribution in [-0.2, 0) is 20.9 Å². The van der Waals surface area contributed by atoms with Gasteiger partial charge in [0.2, 0.25) is 5.76 Å². The van der Waals surface area contributed by atoms with Gasteiger partial charge in [-0.1, -0.05) is 23.7 Å². The molecule has 0 bridgehead atoms. The van der Waals surface area contributed by atoms with Gasteiger partial charge >= 0.3 is 12.0 Å². The summed E-state index contributed by atoms with van der Waals surface area (Å²) in [5, 5.41) is 5.73. The molecule has 0 radical (unpaired) electrons. The maximum atomic E-state index is 13.0. The number of furan rings is 1. The van der Waals surface area contributed by atoms with Crippen LogP contribution >= 0.6 is 11.6 Å². The molecule has 2 N–H and O–H groups in total. The van der Waals surface area contributed by atoms with Crippen LogP contribution in [0.5, 0.6) is 11.5 Å². The van der Waals surface area contributed by atoms with E-state index in [0.29, 0.717) is 22.0 Å². The Labute approximate surface area is 221 Å². The third-order valence-electron chi connectivity index (χ3n) is 5.33. The molecule has 4 amide bonds. The fraction of sp³-hybridized carbons (Fsp3) is 0.154. The predicted octanol–water partition coefficient (Wildman–Crippen LogP) is 3.84. The van der Waals surface area contributed by atoms with E-state index in [1.54, 1.807) is 42.5 Å². The number of imide groups is 1. The summed E-state index contributed by atoms with van der Waals surface area (Å²) in [6.45, 7) is -0.558. The Hall–Kier alpha value is -4.77. The van der Waals surface area contributed by atoms with E-state index in [1.807, 2.05) is 0 Å². The molecule has 2 heterocycles. The predicted molar refractivity (Wildman–Crippen MR) is 136 cm³/mol. The van der Waals surface area contributed by atoms with E-state index in [-0.39, 0.29) is 36.1 Å². The second-order valence-corrected chi connectivity index (χ2v) is 8.30. The van der Waals surface area contributed by atoms with Gasteiger partial charge in [-0.25, -0.2) is 9.59 Å². The first-order chi connectivity index (χ1) is 18.3. The molecule has 4 rings (SSSR count). The Morgan fingerprint density at radius 2 is 1.84 bits per heavy atom. The Balaban J connectivity index is 1.49. The molecule has 0 unspecified atom stereocenters. The van der Waals surface area contributed by atoms with Crippen LogP contribution < -0.4 is 20.1 Å². The lowest BCUT2D eigenvalue weighted by Crippen LogP contribution is -2.30. The highest BCUT2D eigenvalue weighted by atomic mass is 35.5. The van der Waals surface area contributed by atoms with Gasteiger partial charge in [-0.05, 0) is 48.5 Å². The first kappa shape index (κ1) is 26.3. The second-order valence-electron chi connectivity index (χ2n) is 7.86. The Kier molecular flexibility index (Phi) is 7.97. The second kappa shape index (κ2) is 11.5. The molecule has 38 heavy (non-hydrogen) atoms. The first-order valence-corrected chi connectivity index (χ1v) is 11.5. The summed E-state index contributed by atoms with van der Waals surface area (Å²) in [5.74, 6) is -1.06. The molecule has 0 aliphatic carbocycles. The molecule has 12 heteroatoms. The van der Waals surface area contributed by atoms with Crippen LogP contribution in [0.25, 0.3) is 6.08 Å². The number of carbonyl (C=O) groups is 4. The smallest absolute Gasteiger partial charge is 0.373 e. The molecular formula is C26H22ClN3O8. The highest BCUT2D eigenvalue weighted by Crippen LogP contribution is 2.33. The maximum absolute atomic E-state index is 13.0. The number of hydrogen-bond acceptors (Lipinski definition) is 8. The van der Waals surface area contributed by atoms with Gasteiger partial charge in [0.05, 0.1) is 20.8 Å². The van der Waals surface area contributed by atoms with E-state index in [0.717, 1.165) is 4.90 Å². The van der Waals surface area contributed by atoms with Crippen molar-refractivity contribution < 1.29 is 37.8 Å². The number of nitrogens with one attached hydrogen (secondary N) is 2. The molecule has 0 saturated carbocycles. The Morgan fingerprint density at radius 3 is 2.55 bits per heavy atom. The van der Waals surface area contributed by atoms with Crippen molar-refractivity contribution in [1.29, 1.82) is 0 Å². The largest absolute Gasteiger partial charge is 0.493 e. The summed E-state index contributed by atoms with van der Waals surface area (Å²) >= 11 is 5.87. The van der Waals surface area contributed by atoms with Gasteiger partial charge in [-0.3, -0.25) is 14.5 Å². The van der Waals surface area contributed by atoms with Crippen LogP contribution in [0.15, 0.2) is 64.7 Å². The average molecular weight is 540 g/mol. The Bertz CT molecular complexity index is 1410. The van der Waals surface area contributed by atoms with Gasteiger partial charge in [-0.2, -0.15) is 0 Å². The van der Waals surface area contributed by atoms with Gasteiger partial charge in [-0.15, -0.1) is 0 Å². The van der Waals surface area contributed by atoms with Gasteiger partial charge in [0.15, 0.2) is 18.1 Å². The number of halogens is 1. The van der Waals surface area contributed by atoms with Gasteiger partial charge < -0.3 is 29.3 Å². The SMILES string of the molecule is COC(=O)c1ccc(CN2C(=O)N/C(=C/c3cccc(OC)c3OCC(=O)Nc3ccc(Cl)cc3)C2=O)o1. The summed E-state index contributed by atoms with van der Waals surface area (Å²) < 4.78 is 21.0. The van der Waals surface area contributed by atoms with Crippen molar-refractivity contribution in [2.45, 2.75) is 6.54 Å². The van der Waals surface area contributed by atoms with E-state index in [2.05, 4.69) is 15.4 Å². The maximum Gasteiger partial charge on any atom is 0.373 e. The summed E-state index contributed by atoms with van der Waals surface area (Å²) in [7, 11) is 2.64. The Morgan fingerprint density at radius 1 is 1.08 bits per heavy atom. The molecule has 11 nitrogen and oxygen atoms in total. The minimum absolute atomic E-state index is 0.0292. The van der Waals surface area contributed by atoms with Crippen LogP contribution in [-0.4, -0.2) is 49.5 Å². The molecule has 1 fully saturated rings. The molecule has 0 atom stereocenters. The topological polar surface area (TPSA) is 136 Å². The zero-order valence-corrected chi connectivity index (χ0v) is 21.0. The highest BCUT2D eigenvalue weighted by Gasteiger charge is 2.34. The molecule has 1 aliphatic heterocycles. The number of rotatable bonds is 9. The van der Waals surface area contributed by atoms with Gasteiger partial charge in [0, 0.05) is 16.3 Å². The zero-order valence-electron chi connectivity index (χ0n) is 20.3. The fourth-order valence-electron chi connectivity index (χ4n) is 3.53. The van der Waals surface area contributed by atoms with Crippen LogP contribution in [0, 0.1) is 0 Å². The molecule has 196 valence electrons. The molecule has 1 saturated heterocycles. The normalized spacial score (nSPS) is 13.9. The fourth-order valence-corrected chi connectivity index (χ4v) is 3.66. The first-order valence-electron chi connectivity index (χ1n) is 11.2. The third kappa shape index (κ3) is 5.95. The van der Waals surface area contributed by atoms with E-state index >= 15 is 0 Å². The average Bonchev–Trinajstić information content (AvgIpc) is 3.49. The molecular weight excluding hydrogens is 518 g/mol. The summed E-state index contributed by atoms with van der Waals surface area (Å²) in [5.41, 5.74) is 0.901. The number of amides is 4. The number of carbonyl (C=O) groups excluding carboxylic acids is 4. The molecule has 0 spiro atoms. The quantitative estimate of drug-likeness (QED) is 0.238. The standard InChI is InChI=1S/C26H22ClN3O8/c1-35-20-5-3-4-15(23(20)37-14-22(31)28-17-8-6-16(27)7-9-17)12-19-24(32)30(26(34)29-19)13-18-10-11-21(38-18)25(33)36-2/h3-12H,13-14H2,1-2H3,(H,28,31)(H,29,34)/b19-12+. The molecule has 3 aromatic rings. The van der Waals surface area contributed by atoms with Crippen LogP contribution in [0.4, 0.5) is 10.5 Å². The number of nitrogens with zero attached hydrogens (tertiary/aromatic N) is 1. The highest BCUT2D eigenvalue weighted by molar-refractivity contribution is 6.30. The third-order valence-corrected chi connectivity index (χ3v) is 5.58. The van der Waals surface area contributed by atoms with Crippen molar-refractivity contribution in [2.75, 3.05) is 26.1 Å². The summed E-state index contributed by atoms with van der Waals surface area (Å²) in [4.78, 5) is 50.4. The van der Waals surface area contributed by atoms with Crippen LogP contribution in [0.2, 0.25) is 5.02 Å². The molecule has 2 aromatic carbocycles. The number of methoxy groups -OCH3 is 2. The lowest BCUT2D eigenvalue weighted by atomic mass is 10.1. The van der Waals surface area contributed by atoms with Crippen molar-refractivity contribution in [2.24, 2.45) is 0 Å². The van der Waals surface area contributed by atoms with Crippen molar-refractivity contribution in [3.8, 4) is 11.5 Å². The number of hydrogen-bond donors (Lipinski definition) is 2.